The molecule has 1 aromatic heterocycles. The van der Waals surface area contributed by atoms with Crippen LogP contribution in [0.4, 0.5) is 0 Å². The van der Waals surface area contributed by atoms with E-state index in [4.69, 9.17) is 0 Å². The van der Waals surface area contributed by atoms with Crippen molar-refractivity contribution in [3.05, 3.63) is 66.0 Å². The molecule has 19 heavy (non-hydrogen) atoms. The highest BCUT2D eigenvalue weighted by Crippen LogP contribution is 2.25. The average molecular weight is 254 g/mol. The van der Waals surface area contributed by atoms with Crippen LogP contribution in [0.25, 0.3) is 0 Å². The van der Waals surface area contributed by atoms with E-state index in [2.05, 4.69) is 73.5 Å². The molecule has 0 aliphatic rings. The van der Waals surface area contributed by atoms with Crippen LogP contribution in [0.5, 0.6) is 0 Å². The number of hydrogen-bond acceptors (Lipinski definition) is 2. The number of benzene rings is 1. The Morgan fingerprint density at radius 3 is 2.05 bits per heavy atom. The van der Waals surface area contributed by atoms with Crippen LogP contribution in [0.2, 0.25) is 0 Å². The van der Waals surface area contributed by atoms with E-state index in [1.165, 1.54) is 11.1 Å². The molecule has 1 aromatic carbocycles. The molecule has 0 amide bonds. The highest BCUT2D eigenvalue weighted by atomic mass is 15.0. The van der Waals surface area contributed by atoms with Crippen LogP contribution in [-0.4, -0.2) is 4.98 Å². The van der Waals surface area contributed by atoms with Crippen LogP contribution in [-0.2, 0) is 0 Å². The van der Waals surface area contributed by atoms with Gasteiger partial charge >= 0.3 is 0 Å². The van der Waals surface area contributed by atoms with Crippen LogP contribution in [0, 0.1) is 5.92 Å². The smallest absolute Gasteiger partial charge is 0.0348 e. The van der Waals surface area contributed by atoms with Crippen LogP contribution in [0.1, 0.15) is 44.0 Å². The van der Waals surface area contributed by atoms with Crippen molar-refractivity contribution in [1.29, 1.82) is 0 Å². The zero-order valence-electron chi connectivity index (χ0n) is 11.9. The Bertz CT molecular complexity index is 479. The van der Waals surface area contributed by atoms with Crippen molar-refractivity contribution in [3.63, 3.8) is 0 Å². The first-order chi connectivity index (χ1) is 9.18. The quantitative estimate of drug-likeness (QED) is 0.867. The van der Waals surface area contributed by atoms with Gasteiger partial charge in [0.2, 0.25) is 0 Å². The monoisotopic (exact) mass is 254 g/mol. The first-order valence-corrected chi connectivity index (χ1v) is 6.89. The van der Waals surface area contributed by atoms with Gasteiger partial charge in [0.05, 0.1) is 0 Å². The van der Waals surface area contributed by atoms with Crippen LogP contribution in [0.15, 0.2) is 54.9 Å². The molecule has 0 aliphatic carbocycles. The number of hydrogen-bond donors (Lipinski definition) is 1. The van der Waals surface area contributed by atoms with Gasteiger partial charge in [0.1, 0.15) is 0 Å². The predicted molar refractivity (Wildman–Crippen MR) is 79.8 cm³/mol. The second kappa shape index (κ2) is 6.48. The molecule has 0 saturated heterocycles. The Morgan fingerprint density at radius 1 is 0.842 bits per heavy atom. The lowest BCUT2D eigenvalue weighted by Crippen LogP contribution is -2.28. The summed E-state index contributed by atoms with van der Waals surface area (Å²) >= 11 is 0. The fourth-order valence-corrected chi connectivity index (χ4v) is 2.35. The van der Waals surface area contributed by atoms with Gasteiger partial charge in [-0.2, -0.15) is 0 Å². The maximum atomic E-state index is 4.07. The van der Waals surface area contributed by atoms with Gasteiger partial charge in [-0.05, 0) is 36.1 Å². The lowest BCUT2D eigenvalue weighted by atomic mass is 9.94. The van der Waals surface area contributed by atoms with Crippen LogP contribution < -0.4 is 5.32 Å². The molecular weight excluding hydrogens is 232 g/mol. The normalized spacial score (nSPS) is 14.3. The number of pyridine rings is 1. The Kier molecular flexibility index (Phi) is 4.69. The summed E-state index contributed by atoms with van der Waals surface area (Å²) in [6.07, 6.45) is 3.70. The van der Waals surface area contributed by atoms with Gasteiger partial charge in [0, 0.05) is 24.5 Å². The molecule has 0 aliphatic heterocycles. The van der Waals surface area contributed by atoms with Gasteiger partial charge in [-0.1, -0.05) is 44.2 Å². The Morgan fingerprint density at radius 2 is 1.47 bits per heavy atom. The highest BCUT2D eigenvalue weighted by molar-refractivity contribution is 5.21. The predicted octanol–water partition coefficient (Wildman–Crippen LogP) is 4.13. The minimum absolute atomic E-state index is 0.315. The van der Waals surface area contributed by atoms with Crippen molar-refractivity contribution in [1.82, 2.24) is 10.3 Å². The first kappa shape index (κ1) is 13.8. The third-order valence-corrected chi connectivity index (χ3v) is 3.46. The Balaban J connectivity index is 2.14. The summed E-state index contributed by atoms with van der Waals surface area (Å²) in [5.41, 5.74) is 2.62. The maximum absolute atomic E-state index is 4.07. The zero-order chi connectivity index (χ0) is 13.7. The molecule has 0 fully saturated rings. The average Bonchev–Trinajstić information content (AvgIpc) is 2.46. The summed E-state index contributed by atoms with van der Waals surface area (Å²) in [6.45, 7) is 6.71. The number of rotatable bonds is 5. The van der Waals surface area contributed by atoms with Gasteiger partial charge in [-0.15, -0.1) is 0 Å². The fourth-order valence-electron chi connectivity index (χ4n) is 2.35. The van der Waals surface area contributed by atoms with E-state index >= 15 is 0 Å². The van der Waals surface area contributed by atoms with Crippen molar-refractivity contribution in [3.8, 4) is 0 Å². The molecule has 2 heteroatoms. The van der Waals surface area contributed by atoms with Crippen molar-refractivity contribution in [2.45, 2.75) is 32.9 Å². The van der Waals surface area contributed by atoms with E-state index in [-0.39, 0.29) is 0 Å². The molecule has 0 spiro atoms. The van der Waals surface area contributed by atoms with Crippen molar-refractivity contribution < 1.29 is 0 Å². The third kappa shape index (κ3) is 3.65. The number of nitrogens with one attached hydrogen (secondary N) is 1. The molecule has 1 unspecified atom stereocenters. The largest absolute Gasteiger partial charge is 0.303 e. The van der Waals surface area contributed by atoms with E-state index < -0.39 is 0 Å². The maximum Gasteiger partial charge on any atom is 0.0348 e. The van der Waals surface area contributed by atoms with E-state index in [1.807, 2.05) is 12.4 Å². The number of nitrogens with zero attached hydrogens (tertiary/aromatic N) is 1. The summed E-state index contributed by atoms with van der Waals surface area (Å²) in [6, 6.07) is 15.5. The minimum atomic E-state index is 0.315. The van der Waals surface area contributed by atoms with Gasteiger partial charge in [0.25, 0.3) is 0 Å². The molecule has 2 nitrogen and oxygen atoms in total. The van der Waals surface area contributed by atoms with Crippen molar-refractivity contribution in [2.75, 3.05) is 0 Å². The summed E-state index contributed by atoms with van der Waals surface area (Å²) in [7, 11) is 0. The van der Waals surface area contributed by atoms with E-state index in [0.717, 1.165) is 0 Å². The summed E-state index contributed by atoms with van der Waals surface area (Å²) in [4.78, 5) is 4.07. The van der Waals surface area contributed by atoms with Gasteiger partial charge in [-0.25, -0.2) is 0 Å². The second-order valence-electron chi connectivity index (χ2n) is 5.30. The van der Waals surface area contributed by atoms with Crippen LogP contribution in [0.3, 0.4) is 0 Å². The van der Waals surface area contributed by atoms with Gasteiger partial charge in [0.15, 0.2) is 0 Å². The molecule has 2 aromatic rings. The zero-order valence-corrected chi connectivity index (χ0v) is 11.9. The Labute approximate surface area is 115 Å². The SMILES string of the molecule is CC(C)C(N[C@H](C)c1ccncc1)c1ccccc1. The fraction of sp³-hybridized carbons (Fsp3) is 0.353. The summed E-state index contributed by atoms with van der Waals surface area (Å²) in [5, 5.41) is 3.72. The molecule has 2 atom stereocenters. The molecule has 2 rings (SSSR count). The lowest BCUT2D eigenvalue weighted by molar-refractivity contribution is 0.374. The molecule has 1 heterocycles. The summed E-state index contributed by atoms with van der Waals surface area (Å²) in [5.74, 6) is 0.548. The van der Waals surface area contributed by atoms with E-state index in [0.29, 0.717) is 18.0 Å². The van der Waals surface area contributed by atoms with Crippen molar-refractivity contribution >= 4 is 0 Å². The second-order valence-corrected chi connectivity index (χ2v) is 5.30. The minimum Gasteiger partial charge on any atom is -0.303 e. The molecule has 0 saturated carbocycles. The topological polar surface area (TPSA) is 24.9 Å². The molecule has 0 radical (unpaired) electrons. The summed E-state index contributed by atoms with van der Waals surface area (Å²) < 4.78 is 0. The molecule has 100 valence electrons. The number of aromatic nitrogens is 1. The third-order valence-electron chi connectivity index (χ3n) is 3.46. The Hall–Kier alpha value is -1.67. The standard InChI is InChI=1S/C17H22N2/c1-13(2)17(16-7-5-4-6-8-16)19-14(3)15-9-11-18-12-10-15/h4-14,17,19H,1-3H3/t14-,17?/m1/s1. The highest BCUT2D eigenvalue weighted by Gasteiger charge is 2.18. The van der Waals surface area contributed by atoms with Gasteiger partial charge in [-0.3, -0.25) is 4.98 Å². The first-order valence-electron chi connectivity index (χ1n) is 6.89. The molecule has 1 N–H and O–H groups in total. The van der Waals surface area contributed by atoms with E-state index in [9.17, 15) is 0 Å². The van der Waals surface area contributed by atoms with Crippen LogP contribution >= 0.6 is 0 Å². The molecule has 0 bridgehead atoms. The van der Waals surface area contributed by atoms with Gasteiger partial charge < -0.3 is 5.32 Å². The lowest BCUT2D eigenvalue weighted by Gasteiger charge is -2.27. The van der Waals surface area contributed by atoms with Crippen molar-refractivity contribution in [2.24, 2.45) is 5.92 Å². The molecular formula is C17H22N2. The van der Waals surface area contributed by atoms with E-state index in [1.54, 1.807) is 0 Å².